The number of allylic oxidation sites excluding steroid dienone is 2. The van der Waals surface area contributed by atoms with Crippen molar-refractivity contribution in [2.45, 2.75) is 64.7 Å². The van der Waals surface area contributed by atoms with Crippen molar-refractivity contribution < 1.29 is 12.9 Å². The minimum Gasteiger partial charge on any atom is -0.204 e. The Balaban J connectivity index is 1.78. The molecule has 1 unspecified atom stereocenters. The summed E-state index contributed by atoms with van der Waals surface area (Å²) in [7, 11) is 0. The Morgan fingerprint density at radius 1 is 1.09 bits per heavy atom. The van der Waals surface area contributed by atoms with Crippen LogP contribution >= 0.6 is 0 Å². The second kappa shape index (κ2) is 7.59. The Labute approximate surface area is 143 Å². The number of rotatable bonds is 4. The van der Waals surface area contributed by atoms with Gasteiger partial charge in [0.2, 0.25) is 0 Å². The molecule has 0 heterocycles. The van der Waals surface area contributed by atoms with Crippen LogP contribution in [0.15, 0.2) is 24.3 Å². The van der Waals surface area contributed by atoms with E-state index in [2.05, 4.69) is 6.92 Å². The SMILES string of the molecule is [2H]C1=C(c2ccc(F)c(F)c2)C([2H])([2H])CC(C2CCC(CCC)CC2)C1. The van der Waals surface area contributed by atoms with Gasteiger partial charge in [0.15, 0.2) is 11.6 Å². The molecule has 0 bridgehead atoms. The minimum absolute atomic E-state index is 0.175. The molecule has 23 heavy (non-hydrogen) atoms. The van der Waals surface area contributed by atoms with Crippen LogP contribution in [-0.2, 0) is 0 Å². The molecule has 2 aliphatic carbocycles. The van der Waals surface area contributed by atoms with E-state index in [1.54, 1.807) is 0 Å². The number of hydrogen-bond acceptors (Lipinski definition) is 0. The first-order chi connectivity index (χ1) is 12.3. The Kier molecular flexibility index (Phi) is 4.34. The Hall–Kier alpha value is -1.18. The average molecular weight is 321 g/mol. The highest BCUT2D eigenvalue weighted by Gasteiger charge is 2.28. The van der Waals surface area contributed by atoms with E-state index >= 15 is 0 Å². The molecule has 2 aliphatic rings. The van der Waals surface area contributed by atoms with Gasteiger partial charge < -0.3 is 0 Å². The van der Waals surface area contributed by atoms with Gasteiger partial charge in [0.05, 0.1) is 1.37 Å². The van der Waals surface area contributed by atoms with Gasteiger partial charge in [-0.05, 0) is 73.1 Å². The fourth-order valence-corrected chi connectivity index (χ4v) is 4.15. The van der Waals surface area contributed by atoms with E-state index in [1.807, 2.05) is 0 Å². The molecule has 0 aliphatic heterocycles. The van der Waals surface area contributed by atoms with Crippen LogP contribution in [0.1, 0.15) is 74.3 Å². The molecule has 0 N–H and O–H groups in total. The van der Waals surface area contributed by atoms with Crippen LogP contribution in [-0.4, -0.2) is 0 Å². The van der Waals surface area contributed by atoms with Crippen LogP contribution in [0.2, 0.25) is 0 Å². The monoisotopic (exact) mass is 321 g/mol. The van der Waals surface area contributed by atoms with E-state index in [0.717, 1.165) is 30.9 Å². The maximum atomic E-state index is 13.6. The number of hydrogen-bond donors (Lipinski definition) is 0. The maximum absolute atomic E-state index is 13.6. The third-order valence-corrected chi connectivity index (χ3v) is 5.55. The van der Waals surface area contributed by atoms with E-state index in [1.165, 1.54) is 31.7 Å². The topological polar surface area (TPSA) is 0 Å². The normalized spacial score (nSPS) is 33.0. The second-order valence-corrected chi connectivity index (χ2v) is 7.10. The summed E-state index contributed by atoms with van der Waals surface area (Å²) >= 11 is 0. The van der Waals surface area contributed by atoms with E-state index in [4.69, 9.17) is 4.11 Å². The van der Waals surface area contributed by atoms with Crippen molar-refractivity contribution in [3.05, 3.63) is 41.4 Å². The van der Waals surface area contributed by atoms with Gasteiger partial charge in [-0.2, -0.15) is 0 Å². The predicted octanol–water partition coefficient (Wildman–Crippen LogP) is 6.75. The van der Waals surface area contributed by atoms with Gasteiger partial charge in [0.25, 0.3) is 0 Å². The third-order valence-electron chi connectivity index (χ3n) is 5.55. The first kappa shape index (κ1) is 13.1. The van der Waals surface area contributed by atoms with Gasteiger partial charge in [-0.15, -0.1) is 0 Å². The predicted molar refractivity (Wildman–Crippen MR) is 92.0 cm³/mol. The number of halogens is 2. The highest BCUT2D eigenvalue weighted by molar-refractivity contribution is 5.66. The van der Waals surface area contributed by atoms with E-state index < -0.39 is 18.0 Å². The van der Waals surface area contributed by atoms with Crippen LogP contribution < -0.4 is 0 Å². The molecule has 3 rings (SSSR count). The largest absolute Gasteiger partial charge is 0.204 e. The van der Waals surface area contributed by atoms with Crippen molar-refractivity contribution in [3.8, 4) is 0 Å². The molecule has 2 heteroatoms. The first-order valence-corrected chi connectivity index (χ1v) is 8.97. The Bertz CT molecular complexity index is 676. The third kappa shape index (κ3) is 4.02. The molecule has 0 radical (unpaired) electrons. The highest BCUT2D eigenvalue weighted by Crippen LogP contribution is 2.42. The molecular weight excluding hydrogens is 290 g/mol. The van der Waals surface area contributed by atoms with Gasteiger partial charge in [0.1, 0.15) is 0 Å². The van der Waals surface area contributed by atoms with Gasteiger partial charge >= 0.3 is 0 Å². The van der Waals surface area contributed by atoms with E-state index in [9.17, 15) is 8.78 Å². The average Bonchev–Trinajstić information content (AvgIpc) is 2.57. The Morgan fingerprint density at radius 2 is 1.87 bits per heavy atom. The van der Waals surface area contributed by atoms with Gasteiger partial charge in [0, 0.05) is 2.74 Å². The van der Waals surface area contributed by atoms with Crippen LogP contribution in [0.25, 0.3) is 5.57 Å². The van der Waals surface area contributed by atoms with Crippen molar-refractivity contribution in [1.82, 2.24) is 0 Å². The van der Waals surface area contributed by atoms with Gasteiger partial charge in [-0.25, -0.2) is 8.78 Å². The van der Waals surface area contributed by atoms with Crippen LogP contribution in [0, 0.1) is 29.4 Å². The molecule has 0 spiro atoms. The molecule has 1 aromatic carbocycles. The summed E-state index contributed by atoms with van der Waals surface area (Å²) in [4.78, 5) is 0. The lowest BCUT2D eigenvalue weighted by molar-refractivity contribution is 0.189. The lowest BCUT2D eigenvalue weighted by Gasteiger charge is -2.35. The molecular formula is C21H28F2. The van der Waals surface area contributed by atoms with Crippen molar-refractivity contribution >= 4 is 5.57 Å². The molecule has 0 amide bonds. The fraction of sp³-hybridized carbons (Fsp3) is 0.619. The van der Waals surface area contributed by atoms with Gasteiger partial charge in [-0.3, -0.25) is 0 Å². The van der Waals surface area contributed by atoms with Crippen molar-refractivity contribution in [1.29, 1.82) is 0 Å². The van der Waals surface area contributed by atoms with Gasteiger partial charge in [-0.1, -0.05) is 44.7 Å². The minimum atomic E-state index is -1.68. The fourth-order valence-electron chi connectivity index (χ4n) is 4.15. The summed E-state index contributed by atoms with van der Waals surface area (Å²) in [6.07, 6.45) is 6.41. The van der Waals surface area contributed by atoms with Crippen molar-refractivity contribution in [2.24, 2.45) is 17.8 Å². The van der Waals surface area contributed by atoms with Crippen LogP contribution in [0.5, 0.6) is 0 Å². The summed E-state index contributed by atoms with van der Waals surface area (Å²) in [6, 6.07) is 3.67. The van der Waals surface area contributed by atoms with Crippen molar-refractivity contribution in [3.63, 3.8) is 0 Å². The molecule has 1 atom stereocenters. The van der Waals surface area contributed by atoms with Crippen LogP contribution in [0.3, 0.4) is 0 Å². The van der Waals surface area contributed by atoms with Crippen molar-refractivity contribution in [2.75, 3.05) is 0 Å². The molecule has 1 aromatic rings. The Morgan fingerprint density at radius 3 is 2.52 bits per heavy atom. The standard InChI is InChI=1S/C21H28F2/c1-2-3-15-4-6-16(7-5-15)17-8-10-18(11-9-17)19-12-13-20(22)21(23)14-19/h10,12-17H,2-9,11H2,1H3/i10D,11D2. The lowest BCUT2D eigenvalue weighted by atomic mass is 9.70. The van der Waals surface area contributed by atoms with E-state index in [0.29, 0.717) is 24.3 Å². The lowest BCUT2D eigenvalue weighted by Crippen LogP contribution is -2.23. The highest BCUT2D eigenvalue weighted by atomic mass is 19.2. The summed E-state index contributed by atoms with van der Waals surface area (Å²) in [5.41, 5.74) is 0.524. The molecule has 0 nitrogen and oxygen atoms in total. The summed E-state index contributed by atoms with van der Waals surface area (Å²) < 4.78 is 52.2. The number of benzene rings is 1. The molecule has 126 valence electrons. The second-order valence-electron chi connectivity index (χ2n) is 7.10. The van der Waals surface area contributed by atoms with E-state index in [-0.39, 0.29) is 17.5 Å². The quantitative estimate of drug-likeness (QED) is 0.575. The molecule has 0 saturated heterocycles. The summed E-state index contributed by atoms with van der Waals surface area (Å²) in [6.45, 7) is 2.22. The summed E-state index contributed by atoms with van der Waals surface area (Å²) in [5, 5.41) is 0. The maximum Gasteiger partial charge on any atom is 0.159 e. The zero-order valence-corrected chi connectivity index (χ0v) is 13.9. The van der Waals surface area contributed by atoms with Crippen LogP contribution in [0.4, 0.5) is 8.78 Å². The zero-order valence-electron chi connectivity index (χ0n) is 16.9. The first-order valence-electron chi connectivity index (χ1n) is 10.5. The zero-order chi connectivity index (χ0) is 18.9. The molecule has 1 fully saturated rings. The smallest absolute Gasteiger partial charge is 0.159 e. The summed E-state index contributed by atoms with van der Waals surface area (Å²) in [5.74, 6) is -0.478. The molecule has 1 saturated carbocycles. The molecule has 0 aromatic heterocycles.